The van der Waals surface area contributed by atoms with Gasteiger partial charge in [0.15, 0.2) is 5.78 Å². The van der Waals surface area contributed by atoms with Crippen LogP contribution in [0, 0.1) is 0 Å². The Morgan fingerprint density at radius 2 is 1.66 bits per heavy atom. The number of phenolic OH excluding ortho intramolecular Hbond substituents is 1. The molecule has 0 saturated heterocycles. The van der Waals surface area contributed by atoms with E-state index in [0.717, 1.165) is 26.3 Å². The molecule has 0 spiro atoms. The Bertz CT molecular complexity index is 1170. The van der Waals surface area contributed by atoms with Crippen molar-refractivity contribution in [2.75, 3.05) is 7.11 Å². The Morgan fingerprint density at radius 1 is 0.966 bits per heavy atom. The summed E-state index contributed by atoms with van der Waals surface area (Å²) in [6.45, 7) is 4.27. The molecule has 0 radical (unpaired) electrons. The van der Waals surface area contributed by atoms with Gasteiger partial charge in [0, 0.05) is 26.1 Å². The molecule has 0 unspecified atom stereocenters. The Kier molecular flexibility index (Phi) is 5.12. The third kappa shape index (κ3) is 3.64. The molecule has 0 amide bonds. The van der Waals surface area contributed by atoms with Crippen LogP contribution in [0.5, 0.6) is 11.5 Å². The van der Waals surface area contributed by atoms with Gasteiger partial charge in [0.1, 0.15) is 11.5 Å². The first-order valence-corrected chi connectivity index (χ1v) is 10.3. The smallest absolute Gasteiger partial charge is 0.195 e. The summed E-state index contributed by atoms with van der Waals surface area (Å²) in [5.74, 6) is 1.37. The molecule has 4 heteroatoms. The lowest BCUT2D eigenvalue weighted by Gasteiger charge is -2.08. The summed E-state index contributed by atoms with van der Waals surface area (Å²) in [6.07, 6.45) is 0. The van der Waals surface area contributed by atoms with E-state index < -0.39 is 0 Å². The lowest BCUT2D eigenvalue weighted by Crippen LogP contribution is -2.02. The molecule has 0 aliphatic heterocycles. The Labute approximate surface area is 174 Å². The monoisotopic (exact) mass is 402 g/mol. The van der Waals surface area contributed by atoms with Gasteiger partial charge >= 0.3 is 0 Å². The zero-order valence-electron chi connectivity index (χ0n) is 16.6. The Balaban J connectivity index is 1.87. The van der Waals surface area contributed by atoms with Crippen molar-refractivity contribution in [1.82, 2.24) is 0 Å². The van der Waals surface area contributed by atoms with E-state index in [9.17, 15) is 9.90 Å². The highest BCUT2D eigenvalue weighted by Crippen LogP contribution is 2.41. The zero-order valence-corrected chi connectivity index (χ0v) is 17.4. The maximum absolute atomic E-state index is 13.5. The second kappa shape index (κ2) is 7.72. The number of thiophene rings is 1. The third-order valence-electron chi connectivity index (χ3n) is 5.09. The standard InChI is InChI=1S/C25H22O3S/c1-15(2)16-4-6-17(7-5-16)24(27)23-21-13-10-19(26)14-22(21)29-25(23)18-8-11-20(28-3)12-9-18/h4-15,26H,1-3H3. The summed E-state index contributed by atoms with van der Waals surface area (Å²) >= 11 is 1.51. The van der Waals surface area contributed by atoms with Gasteiger partial charge in [-0.05, 0) is 59.5 Å². The van der Waals surface area contributed by atoms with Crippen LogP contribution >= 0.6 is 11.3 Å². The van der Waals surface area contributed by atoms with Crippen molar-refractivity contribution >= 4 is 27.2 Å². The highest BCUT2D eigenvalue weighted by atomic mass is 32.1. The first-order chi connectivity index (χ1) is 14.0. The van der Waals surface area contributed by atoms with E-state index in [1.54, 1.807) is 19.2 Å². The third-order valence-corrected chi connectivity index (χ3v) is 6.29. The topological polar surface area (TPSA) is 46.5 Å². The summed E-state index contributed by atoms with van der Waals surface area (Å²) < 4.78 is 6.15. The minimum atomic E-state index is -0.0111. The van der Waals surface area contributed by atoms with E-state index in [4.69, 9.17) is 4.74 Å². The summed E-state index contributed by atoms with van der Waals surface area (Å²) in [5.41, 5.74) is 3.50. The molecule has 0 aliphatic rings. The maximum Gasteiger partial charge on any atom is 0.195 e. The van der Waals surface area contributed by atoms with Crippen molar-refractivity contribution in [2.24, 2.45) is 0 Å². The summed E-state index contributed by atoms with van der Waals surface area (Å²) in [4.78, 5) is 14.4. The molecular formula is C25H22O3S. The van der Waals surface area contributed by atoms with Gasteiger partial charge in [0.25, 0.3) is 0 Å². The van der Waals surface area contributed by atoms with E-state index in [2.05, 4.69) is 13.8 Å². The predicted molar refractivity (Wildman–Crippen MR) is 119 cm³/mol. The fourth-order valence-electron chi connectivity index (χ4n) is 3.42. The van der Waals surface area contributed by atoms with Crippen molar-refractivity contribution in [3.05, 3.63) is 83.4 Å². The fraction of sp³-hybridized carbons (Fsp3) is 0.160. The SMILES string of the molecule is COc1ccc(-c2sc3cc(O)ccc3c2C(=O)c2ccc(C(C)C)cc2)cc1. The molecule has 0 saturated carbocycles. The molecule has 1 N–H and O–H groups in total. The van der Waals surface area contributed by atoms with E-state index in [1.807, 2.05) is 54.6 Å². The minimum Gasteiger partial charge on any atom is -0.508 e. The number of rotatable bonds is 5. The molecule has 29 heavy (non-hydrogen) atoms. The van der Waals surface area contributed by atoms with Gasteiger partial charge in [0.05, 0.1) is 7.11 Å². The number of hydrogen-bond acceptors (Lipinski definition) is 4. The molecule has 0 fully saturated rings. The Hall–Kier alpha value is -3.11. The number of ether oxygens (including phenoxy) is 1. The number of fused-ring (bicyclic) bond motifs is 1. The average molecular weight is 403 g/mol. The number of hydrogen-bond donors (Lipinski definition) is 1. The van der Waals surface area contributed by atoms with Crippen LogP contribution in [0.1, 0.15) is 41.3 Å². The van der Waals surface area contributed by atoms with Crippen molar-refractivity contribution < 1.29 is 14.6 Å². The van der Waals surface area contributed by atoms with Crippen molar-refractivity contribution in [3.63, 3.8) is 0 Å². The quantitative estimate of drug-likeness (QED) is 0.381. The number of ketones is 1. The minimum absolute atomic E-state index is 0.0111. The highest BCUT2D eigenvalue weighted by Gasteiger charge is 2.22. The van der Waals surface area contributed by atoms with Crippen LogP contribution in [0.4, 0.5) is 0 Å². The van der Waals surface area contributed by atoms with Crippen LogP contribution in [0.25, 0.3) is 20.5 Å². The van der Waals surface area contributed by atoms with E-state index >= 15 is 0 Å². The van der Waals surface area contributed by atoms with Crippen LogP contribution in [-0.2, 0) is 0 Å². The number of phenols is 1. The van der Waals surface area contributed by atoms with Gasteiger partial charge in [-0.25, -0.2) is 0 Å². The van der Waals surface area contributed by atoms with Crippen LogP contribution in [0.2, 0.25) is 0 Å². The molecule has 3 nitrogen and oxygen atoms in total. The molecule has 0 atom stereocenters. The van der Waals surface area contributed by atoms with Gasteiger partial charge < -0.3 is 9.84 Å². The normalized spacial score (nSPS) is 11.2. The molecule has 3 aromatic carbocycles. The number of benzene rings is 3. The number of methoxy groups -OCH3 is 1. The van der Waals surface area contributed by atoms with Gasteiger partial charge in [-0.15, -0.1) is 11.3 Å². The molecule has 4 rings (SSSR count). The van der Waals surface area contributed by atoms with Crippen molar-refractivity contribution in [2.45, 2.75) is 19.8 Å². The fourth-order valence-corrected chi connectivity index (χ4v) is 4.66. The summed E-state index contributed by atoms with van der Waals surface area (Å²) in [7, 11) is 1.63. The van der Waals surface area contributed by atoms with E-state index in [0.29, 0.717) is 17.0 Å². The largest absolute Gasteiger partial charge is 0.508 e. The molecule has 1 heterocycles. The van der Waals surface area contributed by atoms with Gasteiger partial charge in [-0.1, -0.05) is 38.1 Å². The van der Waals surface area contributed by atoms with E-state index in [1.165, 1.54) is 16.9 Å². The Morgan fingerprint density at radius 3 is 2.28 bits per heavy atom. The average Bonchev–Trinajstić information content (AvgIpc) is 3.11. The van der Waals surface area contributed by atoms with Crippen LogP contribution in [0.3, 0.4) is 0 Å². The maximum atomic E-state index is 13.5. The van der Waals surface area contributed by atoms with Gasteiger partial charge in [-0.2, -0.15) is 0 Å². The lowest BCUT2D eigenvalue weighted by molar-refractivity contribution is 0.104. The van der Waals surface area contributed by atoms with Crippen LogP contribution in [-0.4, -0.2) is 18.0 Å². The number of aromatic hydroxyl groups is 1. The van der Waals surface area contributed by atoms with Crippen LogP contribution < -0.4 is 4.74 Å². The zero-order chi connectivity index (χ0) is 20.5. The molecular weight excluding hydrogens is 380 g/mol. The van der Waals surface area contributed by atoms with Gasteiger partial charge in [0.2, 0.25) is 0 Å². The molecule has 0 bridgehead atoms. The summed E-state index contributed by atoms with van der Waals surface area (Å²) in [6, 6.07) is 20.7. The molecule has 1 aromatic heterocycles. The first kappa shape index (κ1) is 19.2. The molecule has 146 valence electrons. The summed E-state index contributed by atoms with van der Waals surface area (Å²) in [5, 5.41) is 10.8. The number of carbonyl (C=O) groups excluding carboxylic acids is 1. The second-order valence-corrected chi connectivity index (χ2v) is 8.37. The predicted octanol–water partition coefficient (Wildman–Crippen LogP) is 6.64. The lowest BCUT2D eigenvalue weighted by atomic mass is 9.95. The highest BCUT2D eigenvalue weighted by molar-refractivity contribution is 7.22. The van der Waals surface area contributed by atoms with Gasteiger partial charge in [-0.3, -0.25) is 4.79 Å². The number of carbonyl (C=O) groups is 1. The van der Waals surface area contributed by atoms with Crippen molar-refractivity contribution in [1.29, 1.82) is 0 Å². The second-order valence-electron chi connectivity index (χ2n) is 7.32. The molecule has 0 aliphatic carbocycles. The van der Waals surface area contributed by atoms with Crippen molar-refractivity contribution in [3.8, 4) is 21.9 Å². The first-order valence-electron chi connectivity index (χ1n) is 9.52. The van der Waals surface area contributed by atoms with Crippen LogP contribution in [0.15, 0.2) is 66.7 Å². The van der Waals surface area contributed by atoms with E-state index in [-0.39, 0.29) is 11.5 Å². The molecule has 4 aromatic rings.